The van der Waals surface area contributed by atoms with Gasteiger partial charge in [-0.1, -0.05) is 6.07 Å². The maximum atomic E-state index is 9.58. The van der Waals surface area contributed by atoms with Gasteiger partial charge in [0, 0.05) is 17.1 Å². The molecular weight excluding hydrogens is 332 g/mol. The van der Waals surface area contributed by atoms with E-state index >= 15 is 0 Å². The van der Waals surface area contributed by atoms with Crippen molar-refractivity contribution in [2.45, 2.75) is 13.3 Å². The molecular formula is C19H16N4OS. The molecule has 0 radical (unpaired) electrons. The van der Waals surface area contributed by atoms with Crippen LogP contribution in [0.1, 0.15) is 16.7 Å². The van der Waals surface area contributed by atoms with Gasteiger partial charge in [-0.25, -0.2) is 9.97 Å². The number of thiophene rings is 1. The van der Waals surface area contributed by atoms with Crippen LogP contribution >= 0.6 is 11.3 Å². The lowest BCUT2D eigenvalue weighted by Crippen LogP contribution is -1.94. The molecule has 3 N–H and O–H groups in total. The van der Waals surface area contributed by atoms with E-state index in [9.17, 15) is 5.11 Å². The summed E-state index contributed by atoms with van der Waals surface area (Å²) in [7, 11) is 0. The number of nitrogen functional groups attached to an aromatic ring is 1. The van der Waals surface area contributed by atoms with Crippen LogP contribution in [0, 0.1) is 6.92 Å². The molecule has 4 aromatic rings. The summed E-state index contributed by atoms with van der Waals surface area (Å²) in [6.45, 7) is 2.10. The number of fused-ring (bicyclic) bond motifs is 1. The highest BCUT2D eigenvalue weighted by molar-refractivity contribution is 7.22. The Labute approximate surface area is 148 Å². The summed E-state index contributed by atoms with van der Waals surface area (Å²) >= 11 is 1.70. The summed E-state index contributed by atoms with van der Waals surface area (Å²) in [6.07, 6.45) is 5.62. The van der Waals surface area contributed by atoms with Gasteiger partial charge in [0.2, 0.25) is 5.95 Å². The molecule has 5 nitrogen and oxygen atoms in total. The molecule has 0 spiro atoms. The van der Waals surface area contributed by atoms with E-state index in [1.165, 1.54) is 27.4 Å². The van der Waals surface area contributed by atoms with Crippen LogP contribution in [-0.2, 0) is 6.42 Å². The quantitative estimate of drug-likeness (QED) is 0.586. The molecule has 0 aliphatic heterocycles. The van der Waals surface area contributed by atoms with Gasteiger partial charge >= 0.3 is 0 Å². The van der Waals surface area contributed by atoms with Crippen LogP contribution in [-0.4, -0.2) is 20.1 Å². The molecule has 0 saturated carbocycles. The highest BCUT2D eigenvalue weighted by Crippen LogP contribution is 2.38. The second-order valence-corrected chi connectivity index (χ2v) is 6.97. The first-order valence-corrected chi connectivity index (χ1v) is 8.65. The molecule has 0 saturated heterocycles. The minimum absolute atomic E-state index is 0.189. The molecule has 0 unspecified atom stereocenters. The molecule has 4 rings (SSSR count). The summed E-state index contributed by atoms with van der Waals surface area (Å²) in [5.74, 6) is 0.473. The lowest BCUT2D eigenvalue weighted by atomic mass is 10.0. The van der Waals surface area contributed by atoms with Crippen LogP contribution < -0.4 is 5.73 Å². The van der Waals surface area contributed by atoms with Gasteiger partial charge in [0.05, 0.1) is 16.8 Å². The largest absolute Gasteiger partial charge is 0.506 e. The van der Waals surface area contributed by atoms with Crippen LogP contribution in [0.4, 0.5) is 5.95 Å². The molecule has 0 fully saturated rings. The van der Waals surface area contributed by atoms with Crippen molar-refractivity contribution in [2.24, 2.45) is 0 Å². The van der Waals surface area contributed by atoms with Gasteiger partial charge in [-0.2, -0.15) is 0 Å². The Morgan fingerprint density at radius 3 is 2.80 bits per heavy atom. The molecule has 124 valence electrons. The van der Waals surface area contributed by atoms with Crippen molar-refractivity contribution >= 4 is 27.4 Å². The number of nitrogens with two attached hydrogens (primary N) is 1. The number of aromatic hydroxyl groups is 1. The van der Waals surface area contributed by atoms with Gasteiger partial charge in [-0.3, -0.25) is 4.98 Å². The van der Waals surface area contributed by atoms with E-state index in [2.05, 4.69) is 40.1 Å². The molecule has 0 aliphatic rings. The van der Waals surface area contributed by atoms with Crippen molar-refractivity contribution in [3.8, 4) is 16.3 Å². The highest BCUT2D eigenvalue weighted by Gasteiger charge is 2.12. The molecule has 0 amide bonds. The van der Waals surface area contributed by atoms with Crippen molar-refractivity contribution in [3.63, 3.8) is 0 Å². The van der Waals surface area contributed by atoms with Gasteiger partial charge in [-0.05, 0) is 59.7 Å². The normalized spacial score (nSPS) is 11.1. The SMILES string of the molecule is Cc1c(-c2ccnc(N)n2)sc2ccc(Cc3cncc(O)c3)cc12. The number of hydrogen-bond acceptors (Lipinski definition) is 6. The minimum atomic E-state index is 0.189. The second-order valence-electron chi connectivity index (χ2n) is 5.91. The Morgan fingerprint density at radius 2 is 2.00 bits per heavy atom. The predicted octanol–water partition coefficient (Wildman–Crippen LogP) is 3.94. The second kappa shape index (κ2) is 6.14. The number of benzene rings is 1. The summed E-state index contributed by atoms with van der Waals surface area (Å²) < 4.78 is 1.21. The third-order valence-corrected chi connectivity index (χ3v) is 5.39. The summed E-state index contributed by atoms with van der Waals surface area (Å²) in [5, 5.41) is 10.8. The monoisotopic (exact) mass is 348 g/mol. The Balaban J connectivity index is 1.75. The van der Waals surface area contributed by atoms with E-state index in [1.54, 1.807) is 29.8 Å². The first kappa shape index (κ1) is 15.5. The van der Waals surface area contributed by atoms with Gasteiger partial charge in [0.25, 0.3) is 0 Å². The topological polar surface area (TPSA) is 84.9 Å². The number of anilines is 1. The Morgan fingerprint density at radius 1 is 1.12 bits per heavy atom. The zero-order chi connectivity index (χ0) is 17.4. The lowest BCUT2D eigenvalue weighted by Gasteiger charge is -2.03. The van der Waals surface area contributed by atoms with Crippen molar-refractivity contribution in [2.75, 3.05) is 5.73 Å². The first-order chi connectivity index (χ1) is 12.1. The molecule has 0 aliphatic carbocycles. The van der Waals surface area contributed by atoms with E-state index in [4.69, 9.17) is 5.73 Å². The zero-order valence-corrected chi connectivity index (χ0v) is 14.4. The van der Waals surface area contributed by atoms with Crippen LogP contribution in [0.25, 0.3) is 20.7 Å². The van der Waals surface area contributed by atoms with Crippen LogP contribution in [0.5, 0.6) is 5.75 Å². The molecule has 6 heteroatoms. The molecule has 1 aromatic carbocycles. The fourth-order valence-electron chi connectivity index (χ4n) is 2.93. The fourth-order valence-corrected chi connectivity index (χ4v) is 4.09. The van der Waals surface area contributed by atoms with Crippen LogP contribution in [0.2, 0.25) is 0 Å². The number of aryl methyl sites for hydroxylation is 1. The Hall–Kier alpha value is -2.99. The number of nitrogens with zero attached hydrogens (tertiary/aromatic N) is 3. The van der Waals surface area contributed by atoms with E-state index in [-0.39, 0.29) is 11.7 Å². The van der Waals surface area contributed by atoms with E-state index in [0.717, 1.165) is 22.6 Å². The van der Waals surface area contributed by atoms with Crippen LogP contribution in [0.15, 0.2) is 48.9 Å². The maximum Gasteiger partial charge on any atom is 0.220 e. The first-order valence-electron chi connectivity index (χ1n) is 7.84. The van der Waals surface area contributed by atoms with Gasteiger partial charge in [0.1, 0.15) is 5.75 Å². The average Bonchev–Trinajstić information content (AvgIpc) is 2.92. The molecule has 0 bridgehead atoms. The lowest BCUT2D eigenvalue weighted by molar-refractivity contribution is 0.472. The number of rotatable bonds is 3. The summed E-state index contributed by atoms with van der Waals surface area (Å²) in [6, 6.07) is 10.1. The third kappa shape index (κ3) is 3.04. The standard InChI is InChI=1S/C19H16N4OS/c1-11-15-8-12(6-13-7-14(24)10-21-9-13)2-3-17(15)25-18(11)16-4-5-22-19(20)23-16/h2-5,7-10,24H,6H2,1H3,(H2,20,22,23). The minimum Gasteiger partial charge on any atom is -0.506 e. The van der Waals surface area contributed by atoms with Crippen molar-refractivity contribution in [1.29, 1.82) is 0 Å². The third-order valence-electron chi connectivity index (χ3n) is 4.10. The number of hydrogen-bond donors (Lipinski definition) is 2. The van der Waals surface area contributed by atoms with Crippen LogP contribution in [0.3, 0.4) is 0 Å². The Bertz CT molecular complexity index is 1070. The van der Waals surface area contributed by atoms with E-state index in [0.29, 0.717) is 0 Å². The van der Waals surface area contributed by atoms with Crippen molar-refractivity contribution in [3.05, 3.63) is 65.6 Å². The smallest absolute Gasteiger partial charge is 0.220 e. The molecule has 25 heavy (non-hydrogen) atoms. The van der Waals surface area contributed by atoms with E-state index < -0.39 is 0 Å². The van der Waals surface area contributed by atoms with E-state index in [1.807, 2.05) is 6.07 Å². The summed E-state index contributed by atoms with van der Waals surface area (Å²) in [5.41, 5.74) is 9.92. The summed E-state index contributed by atoms with van der Waals surface area (Å²) in [4.78, 5) is 13.5. The molecule has 0 atom stereocenters. The van der Waals surface area contributed by atoms with Crippen molar-refractivity contribution in [1.82, 2.24) is 15.0 Å². The zero-order valence-electron chi connectivity index (χ0n) is 13.6. The van der Waals surface area contributed by atoms with Gasteiger partial charge in [0.15, 0.2) is 0 Å². The Kier molecular flexibility index (Phi) is 3.82. The maximum absolute atomic E-state index is 9.58. The number of aromatic nitrogens is 3. The predicted molar refractivity (Wildman–Crippen MR) is 101 cm³/mol. The van der Waals surface area contributed by atoms with Gasteiger partial charge in [-0.15, -0.1) is 11.3 Å². The molecule has 3 aromatic heterocycles. The highest BCUT2D eigenvalue weighted by atomic mass is 32.1. The number of pyridine rings is 1. The average molecular weight is 348 g/mol. The molecule has 3 heterocycles. The fraction of sp³-hybridized carbons (Fsp3) is 0.105. The van der Waals surface area contributed by atoms with Crippen molar-refractivity contribution < 1.29 is 5.11 Å². The van der Waals surface area contributed by atoms with Gasteiger partial charge < -0.3 is 10.8 Å².